The molecule has 0 heterocycles. The average molecular weight is 398 g/mol. The van der Waals surface area contributed by atoms with Crippen molar-refractivity contribution in [1.82, 2.24) is 0 Å². The van der Waals surface area contributed by atoms with Crippen LogP contribution in [0.3, 0.4) is 0 Å². The third-order valence-corrected chi connectivity index (χ3v) is 7.14. The molecule has 1 aromatic carbocycles. The van der Waals surface area contributed by atoms with E-state index in [0.29, 0.717) is 25.0 Å². The zero-order valence-corrected chi connectivity index (χ0v) is 17.0. The Hall–Kier alpha value is -2.60. The normalized spacial score (nSPS) is 32.1. The Bertz CT molecular complexity index is 932. The van der Waals surface area contributed by atoms with Gasteiger partial charge in [-0.15, -0.1) is 0 Å². The lowest BCUT2D eigenvalue weighted by Crippen LogP contribution is -2.40. The number of carbonyl (C=O) groups is 2. The smallest absolute Gasteiger partial charge is 0.333 e. The highest BCUT2D eigenvalue weighted by molar-refractivity contribution is 5.84. The van der Waals surface area contributed by atoms with Crippen LogP contribution in [0.5, 0.6) is 5.75 Å². The number of methoxy groups -OCH3 is 2. The molecule has 1 N–H and O–H groups in total. The van der Waals surface area contributed by atoms with Gasteiger partial charge in [-0.1, -0.05) is 12.6 Å². The van der Waals surface area contributed by atoms with Crippen molar-refractivity contribution in [3.63, 3.8) is 0 Å². The molecule has 1 spiro atoms. The largest absolute Gasteiger partial charge is 0.469 e. The predicted molar refractivity (Wildman–Crippen MR) is 105 cm³/mol. The maximum atomic E-state index is 13.0. The van der Waals surface area contributed by atoms with Crippen LogP contribution in [-0.4, -0.2) is 36.9 Å². The number of aliphatic hydroxyl groups is 1. The van der Waals surface area contributed by atoms with E-state index in [2.05, 4.69) is 11.3 Å². The summed E-state index contributed by atoms with van der Waals surface area (Å²) >= 11 is 0. The molecular weight excluding hydrogens is 372 g/mol. The van der Waals surface area contributed by atoms with Gasteiger partial charge in [-0.2, -0.15) is 0 Å². The summed E-state index contributed by atoms with van der Waals surface area (Å²) in [5.74, 6) is -0.547. The molecule has 6 nitrogen and oxygen atoms in total. The molecule has 0 aromatic heterocycles. The van der Waals surface area contributed by atoms with Gasteiger partial charge in [0.2, 0.25) is 0 Å². The Labute approximate surface area is 170 Å². The first kappa shape index (κ1) is 19.7. The molecule has 2 fully saturated rings. The Morgan fingerprint density at radius 3 is 2.72 bits per heavy atom. The predicted octanol–water partition coefficient (Wildman–Crippen LogP) is 3.28. The molecule has 29 heavy (non-hydrogen) atoms. The van der Waals surface area contributed by atoms with Crippen molar-refractivity contribution in [3.8, 4) is 5.75 Å². The van der Waals surface area contributed by atoms with E-state index in [0.717, 1.165) is 28.7 Å². The molecule has 3 aliphatic carbocycles. The fraction of sp³-hybridized carbons (Fsp3) is 0.478. The van der Waals surface area contributed by atoms with E-state index < -0.39 is 22.9 Å². The zero-order chi connectivity index (χ0) is 21.0. The van der Waals surface area contributed by atoms with E-state index in [1.807, 2.05) is 19.1 Å². The third-order valence-electron chi connectivity index (χ3n) is 7.14. The van der Waals surface area contributed by atoms with Crippen LogP contribution >= 0.6 is 0 Å². The molecule has 6 heteroatoms. The van der Waals surface area contributed by atoms with Crippen LogP contribution in [0.25, 0.3) is 0 Å². The van der Waals surface area contributed by atoms with Crippen LogP contribution in [0.1, 0.15) is 54.2 Å². The fourth-order valence-electron chi connectivity index (χ4n) is 5.88. The Balaban J connectivity index is 1.80. The lowest BCUT2D eigenvalue weighted by molar-refractivity contribution is -0.147. The van der Waals surface area contributed by atoms with Crippen molar-refractivity contribution in [1.29, 1.82) is 0 Å². The molecule has 4 rings (SSSR count). The first-order chi connectivity index (χ1) is 13.8. The van der Waals surface area contributed by atoms with Crippen molar-refractivity contribution in [2.24, 2.45) is 5.41 Å². The van der Waals surface area contributed by atoms with Gasteiger partial charge in [-0.3, -0.25) is 4.79 Å². The Morgan fingerprint density at radius 1 is 1.28 bits per heavy atom. The number of benzene rings is 1. The van der Waals surface area contributed by atoms with Crippen molar-refractivity contribution >= 4 is 11.9 Å². The van der Waals surface area contributed by atoms with E-state index in [9.17, 15) is 14.7 Å². The second-order valence-electron chi connectivity index (χ2n) is 8.40. The summed E-state index contributed by atoms with van der Waals surface area (Å²) in [4.78, 5) is 24.3. The number of hydrogen-bond donors (Lipinski definition) is 1. The average Bonchev–Trinajstić information content (AvgIpc) is 3.09. The lowest BCUT2D eigenvalue weighted by atomic mass is 9.63. The molecule has 3 aliphatic rings. The van der Waals surface area contributed by atoms with Crippen LogP contribution in [0, 0.1) is 12.3 Å². The Morgan fingerprint density at radius 2 is 2.03 bits per heavy atom. The lowest BCUT2D eigenvalue weighted by Gasteiger charge is -2.41. The molecule has 0 unspecified atom stereocenters. The van der Waals surface area contributed by atoms with Gasteiger partial charge in [0.25, 0.3) is 0 Å². The summed E-state index contributed by atoms with van der Waals surface area (Å²) in [7, 11) is 2.70. The van der Waals surface area contributed by atoms with Gasteiger partial charge in [-0.25, -0.2) is 4.79 Å². The number of rotatable bonds is 4. The first-order valence-electron chi connectivity index (χ1n) is 9.80. The highest BCUT2D eigenvalue weighted by Crippen LogP contribution is 2.71. The highest BCUT2D eigenvalue weighted by Gasteiger charge is 2.66. The molecule has 2 bridgehead atoms. The second kappa shape index (κ2) is 6.73. The van der Waals surface area contributed by atoms with Crippen molar-refractivity contribution < 1.29 is 28.9 Å². The molecule has 0 radical (unpaired) electrons. The van der Waals surface area contributed by atoms with E-state index in [-0.39, 0.29) is 11.9 Å². The van der Waals surface area contributed by atoms with Gasteiger partial charge in [0, 0.05) is 5.41 Å². The Kier molecular flexibility index (Phi) is 4.57. The molecule has 0 aliphatic heterocycles. The van der Waals surface area contributed by atoms with Crippen LogP contribution < -0.4 is 4.74 Å². The minimum atomic E-state index is -0.901. The highest BCUT2D eigenvalue weighted by atomic mass is 16.5. The molecule has 0 saturated heterocycles. The van der Waals surface area contributed by atoms with E-state index in [4.69, 9.17) is 9.47 Å². The van der Waals surface area contributed by atoms with Crippen LogP contribution in [-0.2, 0) is 19.1 Å². The molecular formula is C23H26O6. The summed E-state index contributed by atoms with van der Waals surface area (Å²) in [6, 6.07) is 3.87. The maximum absolute atomic E-state index is 13.0. The SMILES string of the molecule is C=C1C[C@]23C[C@@]1(O)CC[C@H]2c1ccc(O/C=C/C(=O)OC)c(C)c1[C@@H]3C(=O)OC. The van der Waals surface area contributed by atoms with Crippen molar-refractivity contribution in [2.45, 2.75) is 50.0 Å². The third kappa shape index (κ3) is 2.73. The summed E-state index contributed by atoms with van der Waals surface area (Å²) in [6.45, 7) is 6.05. The molecule has 4 atom stereocenters. The monoisotopic (exact) mass is 398 g/mol. The first-order valence-corrected chi connectivity index (χ1v) is 9.80. The zero-order valence-electron chi connectivity index (χ0n) is 17.0. The number of fused-ring (bicyclic) bond motifs is 3. The number of esters is 2. The van der Waals surface area contributed by atoms with Crippen molar-refractivity contribution in [3.05, 3.63) is 53.3 Å². The van der Waals surface area contributed by atoms with Gasteiger partial charge in [0.1, 0.15) is 5.75 Å². The van der Waals surface area contributed by atoms with Crippen LogP contribution in [0.4, 0.5) is 0 Å². The van der Waals surface area contributed by atoms with Gasteiger partial charge in [0.15, 0.2) is 0 Å². The van der Waals surface area contributed by atoms with Gasteiger partial charge < -0.3 is 19.3 Å². The number of ether oxygens (including phenoxy) is 3. The number of carbonyl (C=O) groups excluding carboxylic acids is 2. The molecule has 154 valence electrons. The molecule has 0 amide bonds. The van der Waals surface area contributed by atoms with Gasteiger partial charge in [0.05, 0.1) is 38.1 Å². The maximum Gasteiger partial charge on any atom is 0.333 e. The summed E-state index contributed by atoms with van der Waals surface area (Å²) in [5.41, 5.74) is 2.39. The summed E-state index contributed by atoms with van der Waals surface area (Å²) < 4.78 is 15.4. The second-order valence-corrected chi connectivity index (χ2v) is 8.40. The van der Waals surface area contributed by atoms with Crippen LogP contribution in [0.2, 0.25) is 0 Å². The standard InChI is InChI=1S/C23H26O6/c1-13-11-22-12-23(13,26)9-7-16(22)15-5-6-17(29-10-8-18(24)27-3)14(2)19(15)20(22)21(25)28-4/h5-6,8,10,16,20,26H,1,7,9,11-12H2,2-4H3/b10-8+/t16-,20+,22-,23-/m0/s1. The van der Waals surface area contributed by atoms with E-state index >= 15 is 0 Å². The summed E-state index contributed by atoms with van der Waals surface area (Å²) in [5, 5.41) is 11.1. The minimum absolute atomic E-state index is 0.166. The van der Waals surface area contributed by atoms with Gasteiger partial charge >= 0.3 is 11.9 Å². The van der Waals surface area contributed by atoms with Crippen LogP contribution in [0.15, 0.2) is 36.6 Å². The van der Waals surface area contributed by atoms with Gasteiger partial charge in [-0.05, 0) is 66.9 Å². The van der Waals surface area contributed by atoms with E-state index in [1.54, 1.807) is 0 Å². The van der Waals surface area contributed by atoms with E-state index in [1.165, 1.54) is 26.6 Å². The molecule has 1 aromatic rings. The minimum Gasteiger partial charge on any atom is -0.469 e. The number of hydrogen-bond acceptors (Lipinski definition) is 6. The topological polar surface area (TPSA) is 82.1 Å². The molecule has 2 saturated carbocycles. The van der Waals surface area contributed by atoms with Crippen molar-refractivity contribution in [2.75, 3.05) is 14.2 Å². The fourth-order valence-corrected chi connectivity index (χ4v) is 5.88. The summed E-state index contributed by atoms with van der Waals surface area (Å²) in [6.07, 6.45) is 5.08. The quantitative estimate of drug-likeness (QED) is 0.363.